The van der Waals surface area contributed by atoms with Crippen LogP contribution in [0.4, 0.5) is 5.69 Å². The predicted octanol–water partition coefficient (Wildman–Crippen LogP) is 2.24. The summed E-state index contributed by atoms with van der Waals surface area (Å²) in [4.78, 5) is 11.1. The van der Waals surface area contributed by atoms with E-state index >= 15 is 0 Å². The van der Waals surface area contributed by atoms with Crippen LogP contribution in [0, 0.1) is 0 Å². The Morgan fingerprint density at radius 1 is 1.47 bits per heavy atom. The zero-order valence-corrected chi connectivity index (χ0v) is 10.1. The molecule has 0 aromatic heterocycles. The van der Waals surface area contributed by atoms with Gasteiger partial charge >= 0.3 is 5.97 Å². The van der Waals surface area contributed by atoms with E-state index in [1.54, 1.807) is 32.3 Å². The second-order valence-electron chi connectivity index (χ2n) is 3.41. The van der Waals surface area contributed by atoms with Gasteiger partial charge in [0.1, 0.15) is 5.75 Å². The summed E-state index contributed by atoms with van der Waals surface area (Å²) in [7, 11) is 1.59. The minimum absolute atomic E-state index is 0.240. The highest BCUT2D eigenvalue weighted by atomic mass is 16.5. The Morgan fingerprint density at radius 3 is 2.82 bits per heavy atom. The number of hydrogen-bond acceptors (Lipinski definition) is 4. The summed E-state index contributed by atoms with van der Waals surface area (Å²) in [5.41, 5.74) is 7.30. The number of rotatable bonds is 5. The van der Waals surface area contributed by atoms with Crippen molar-refractivity contribution >= 4 is 17.7 Å². The molecule has 0 bridgehead atoms. The van der Waals surface area contributed by atoms with E-state index in [1.165, 1.54) is 0 Å². The minimum atomic E-state index is -0.240. The summed E-state index contributed by atoms with van der Waals surface area (Å²) < 4.78 is 9.85. The van der Waals surface area contributed by atoms with E-state index in [-0.39, 0.29) is 12.4 Å². The lowest BCUT2D eigenvalue weighted by molar-refractivity contribution is -0.142. The summed E-state index contributed by atoms with van der Waals surface area (Å²) >= 11 is 0. The van der Waals surface area contributed by atoms with Crippen LogP contribution in [-0.4, -0.2) is 19.7 Å². The molecule has 2 N–H and O–H groups in total. The molecule has 0 aliphatic rings. The van der Waals surface area contributed by atoms with Crippen LogP contribution in [0.2, 0.25) is 0 Å². The lowest BCUT2D eigenvalue weighted by Gasteiger charge is -2.04. The smallest absolute Gasteiger partial charge is 0.309 e. The highest BCUT2D eigenvalue weighted by Crippen LogP contribution is 2.20. The van der Waals surface area contributed by atoms with E-state index in [1.807, 2.05) is 12.1 Å². The average molecular weight is 235 g/mol. The van der Waals surface area contributed by atoms with Crippen molar-refractivity contribution in [3.63, 3.8) is 0 Å². The Kier molecular flexibility index (Phi) is 5.07. The second kappa shape index (κ2) is 6.58. The molecule has 1 aromatic rings. The molecule has 0 atom stereocenters. The molecule has 4 nitrogen and oxygen atoms in total. The molecule has 0 radical (unpaired) electrons. The van der Waals surface area contributed by atoms with Gasteiger partial charge in [-0.1, -0.05) is 12.2 Å². The number of carbonyl (C=O) groups is 1. The first-order valence-electron chi connectivity index (χ1n) is 5.43. The molecule has 0 aliphatic carbocycles. The lowest BCUT2D eigenvalue weighted by atomic mass is 10.1. The molecule has 92 valence electrons. The molecule has 0 amide bonds. The number of ether oxygens (including phenoxy) is 2. The maximum absolute atomic E-state index is 11.1. The first kappa shape index (κ1) is 13.1. The van der Waals surface area contributed by atoms with Crippen molar-refractivity contribution < 1.29 is 14.3 Å². The van der Waals surface area contributed by atoms with Crippen LogP contribution >= 0.6 is 0 Å². The number of esters is 1. The van der Waals surface area contributed by atoms with Gasteiger partial charge in [0.2, 0.25) is 0 Å². The zero-order valence-electron chi connectivity index (χ0n) is 10.1. The van der Waals surface area contributed by atoms with Gasteiger partial charge < -0.3 is 15.2 Å². The van der Waals surface area contributed by atoms with Gasteiger partial charge in [-0.2, -0.15) is 0 Å². The molecule has 0 aliphatic heterocycles. The number of benzene rings is 1. The third kappa shape index (κ3) is 4.18. The van der Waals surface area contributed by atoms with E-state index in [4.69, 9.17) is 15.2 Å². The van der Waals surface area contributed by atoms with Gasteiger partial charge in [-0.3, -0.25) is 4.79 Å². The van der Waals surface area contributed by atoms with Crippen LogP contribution in [0.15, 0.2) is 24.3 Å². The Morgan fingerprint density at radius 2 is 2.24 bits per heavy atom. The quantitative estimate of drug-likeness (QED) is 0.628. The summed E-state index contributed by atoms with van der Waals surface area (Å²) in [5, 5.41) is 0. The number of nitrogen functional groups attached to an aromatic ring is 1. The molecule has 1 aromatic carbocycles. The molecular weight excluding hydrogens is 218 g/mol. The van der Waals surface area contributed by atoms with Crippen LogP contribution in [0.5, 0.6) is 5.75 Å². The molecular formula is C13H17NO3. The zero-order chi connectivity index (χ0) is 12.7. The normalized spacial score (nSPS) is 10.5. The fraction of sp³-hybridized carbons (Fsp3) is 0.308. The molecule has 0 fully saturated rings. The molecule has 0 heterocycles. The Labute approximate surface area is 101 Å². The number of hydrogen-bond donors (Lipinski definition) is 1. The number of nitrogens with two attached hydrogens (primary N) is 1. The Bertz CT molecular complexity index is 413. The van der Waals surface area contributed by atoms with E-state index < -0.39 is 0 Å². The predicted molar refractivity (Wildman–Crippen MR) is 67.7 cm³/mol. The minimum Gasteiger partial charge on any atom is -0.497 e. The average Bonchev–Trinajstić information content (AvgIpc) is 2.31. The summed E-state index contributed by atoms with van der Waals surface area (Å²) in [6.07, 6.45) is 3.78. The summed E-state index contributed by atoms with van der Waals surface area (Å²) in [6.45, 7) is 2.18. The van der Waals surface area contributed by atoms with Crippen LogP contribution in [0.25, 0.3) is 6.08 Å². The number of anilines is 1. The van der Waals surface area contributed by atoms with E-state index in [0.29, 0.717) is 18.0 Å². The van der Waals surface area contributed by atoms with Crippen molar-refractivity contribution in [3.05, 3.63) is 29.8 Å². The fourth-order valence-electron chi connectivity index (χ4n) is 1.33. The molecule has 0 saturated heterocycles. The SMILES string of the molecule is CCOC(=O)CC=Cc1ccc(OC)cc1N. The van der Waals surface area contributed by atoms with Gasteiger partial charge in [0.15, 0.2) is 0 Å². The van der Waals surface area contributed by atoms with Gasteiger partial charge in [-0.15, -0.1) is 0 Å². The third-order valence-electron chi connectivity index (χ3n) is 2.18. The topological polar surface area (TPSA) is 61.5 Å². The van der Waals surface area contributed by atoms with E-state index in [9.17, 15) is 4.79 Å². The lowest BCUT2D eigenvalue weighted by Crippen LogP contribution is -2.01. The number of carbonyl (C=O) groups excluding carboxylic acids is 1. The van der Waals surface area contributed by atoms with Gasteiger partial charge in [-0.05, 0) is 24.6 Å². The van der Waals surface area contributed by atoms with Gasteiger partial charge in [-0.25, -0.2) is 0 Å². The van der Waals surface area contributed by atoms with Crippen molar-refractivity contribution in [1.82, 2.24) is 0 Å². The first-order valence-corrected chi connectivity index (χ1v) is 5.43. The Balaban J connectivity index is 2.62. The third-order valence-corrected chi connectivity index (χ3v) is 2.18. The van der Waals surface area contributed by atoms with E-state index in [2.05, 4.69) is 0 Å². The van der Waals surface area contributed by atoms with Crippen LogP contribution < -0.4 is 10.5 Å². The Hall–Kier alpha value is -1.97. The van der Waals surface area contributed by atoms with Crippen molar-refractivity contribution in [2.45, 2.75) is 13.3 Å². The highest BCUT2D eigenvalue weighted by molar-refractivity contribution is 5.74. The van der Waals surface area contributed by atoms with Crippen molar-refractivity contribution in [2.24, 2.45) is 0 Å². The molecule has 17 heavy (non-hydrogen) atoms. The standard InChI is InChI=1S/C13H17NO3/c1-3-17-13(15)6-4-5-10-7-8-11(16-2)9-12(10)14/h4-5,7-9H,3,6,14H2,1-2H3. The van der Waals surface area contributed by atoms with Crippen LogP contribution in [-0.2, 0) is 9.53 Å². The molecule has 0 unspecified atom stereocenters. The first-order chi connectivity index (χ1) is 8.17. The van der Waals surface area contributed by atoms with Crippen molar-refractivity contribution in [1.29, 1.82) is 0 Å². The maximum Gasteiger partial charge on any atom is 0.309 e. The van der Waals surface area contributed by atoms with Crippen LogP contribution in [0.3, 0.4) is 0 Å². The van der Waals surface area contributed by atoms with Gasteiger partial charge in [0, 0.05) is 11.8 Å². The van der Waals surface area contributed by atoms with Crippen LogP contribution in [0.1, 0.15) is 18.9 Å². The fourth-order valence-corrected chi connectivity index (χ4v) is 1.33. The molecule has 1 rings (SSSR count). The van der Waals surface area contributed by atoms with Crippen molar-refractivity contribution in [3.8, 4) is 5.75 Å². The monoisotopic (exact) mass is 235 g/mol. The largest absolute Gasteiger partial charge is 0.497 e. The van der Waals surface area contributed by atoms with Crippen molar-refractivity contribution in [2.75, 3.05) is 19.5 Å². The summed E-state index contributed by atoms with van der Waals surface area (Å²) in [6, 6.07) is 5.40. The van der Waals surface area contributed by atoms with Gasteiger partial charge in [0.25, 0.3) is 0 Å². The van der Waals surface area contributed by atoms with E-state index in [0.717, 1.165) is 5.56 Å². The van der Waals surface area contributed by atoms with Gasteiger partial charge in [0.05, 0.1) is 20.1 Å². The number of methoxy groups -OCH3 is 1. The highest BCUT2D eigenvalue weighted by Gasteiger charge is 1.99. The second-order valence-corrected chi connectivity index (χ2v) is 3.41. The summed E-state index contributed by atoms with van der Waals surface area (Å²) in [5.74, 6) is 0.473. The molecule has 4 heteroatoms. The maximum atomic E-state index is 11.1. The molecule has 0 saturated carbocycles. The molecule has 0 spiro atoms.